The Morgan fingerprint density at radius 3 is 2.59 bits per heavy atom. The highest BCUT2D eigenvalue weighted by Gasteiger charge is 2.26. The lowest BCUT2D eigenvalue weighted by molar-refractivity contribution is -0.131. The zero-order valence-corrected chi connectivity index (χ0v) is 15.7. The van der Waals surface area contributed by atoms with Crippen LogP contribution in [0, 0.1) is 0 Å². The first kappa shape index (κ1) is 19.0. The summed E-state index contributed by atoms with van der Waals surface area (Å²) in [6, 6.07) is 10.8. The number of hydrogen-bond acceptors (Lipinski definition) is 4. The number of nitrogens with two attached hydrogens (primary N) is 1. The van der Waals surface area contributed by atoms with Crippen LogP contribution >= 0.6 is 0 Å². The summed E-state index contributed by atoms with van der Waals surface area (Å²) in [5.74, 6) is -0.557. The number of carbonyl (C=O) groups is 2. The molecular weight excluding hydrogens is 340 g/mol. The molecule has 0 aliphatic carbocycles. The van der Waals surface area contributed by atoms with Crippen LogP contribution in [0.2, 0.25) is 0 Å². The topological polar surface area (TPSA) is 79.5 Å². The summed E-state index contributed by atoms with van der Waals surface area (Å²) in [7, 11) is 1.82. The zero-order chi connectivity index (χ0) is 19.2. The number of likely N-dealkylation sites (tertiary alicyclic amines) is 1. The zero-order valence-electron chi connectivity index (χ0n) is 15.7. The van der Waals surface area contributed by atoms with Crippen LogP contribution in [-0.2, 0) is 11.2 Å². The molecule has 1 unspecified atom stereocenters. The molecule has 6 heteroatoms. The van der Waals surface area contributed by atoms with Gasteiger partial charge < -0.3 is 15.5 Å². The number of pyridine rings is 1. The molecule has 2 heterocycles. The third-order valence-corrected chi connectivity index (χ3v) is 5.18. The molecule has 1 aromatic heterocycles. The summed E-state index contributed by atoms with van der Waals surface area (Å²) >= 11 is 0. The minimum Gasteiger partial charge on any atom is -0.366 e. The Balaban J connectivity index is 1.79. The van der Waals surface area contributed by atoms with E-state index in [4.69, 9.17) is 5.73 Å². The molecule has 142 valence electrons. The Kier molecular flexibility index (Phi) is 6.19. The Hall–Kier alpha value is -2.73. The van der Waals surface area contributed by atoms with Gasteiger partial charge in [-0.15, -0.1) is 0 Å². The normalized spacial score (nSPS) is 15.4. The minimum atomic E-state index is -0.512. The Morgan fingerprint density at radius 2 is 1.93 bits per heavy atom. The number of hydrogen-bond donors (Lipinski definition) is 1. The Bertz CT molecular complexity index is 788. The van der Waals surface area contributed by atoms with E-state index < -0.39 is 5.91 Å². The first-order valence-electron chi connectivity index (χ1n) is 9.32. The number of likely N-dealkylation sites (N-methyl/N-ethyl adjacent to an activating group) is 1. The lowest BCUT2D eigenvalue weighted by atomic mass is 10.0. The summed E-state index contributed by atoms with van der Waals surface area (Å²) in [6.07, 6.45) is 6.10. The van der Waals surface area contributed by atoms with Gasteiger partial charge in [0.25, 0.3) is 0 Å². The number of amides is 2. The molecule has 0 spiro atoms. The Morgan fingerprint density at radius 1 is 1.19 bits per heavy atom. The second-order valence-electron chi connectivity index (χ2n) is 7.01. The molecule has 1 aliphatic rings. The lowest BCUT2D eigenvalue weighted by Gasteiger charge is -2.32. The molecule has 1 aliphatic heterocycles. The van der Waals surface area contributed by atoms with Gasteiger partial charge in [0.1, 0.15) is 0 Å². The molecule has 1 atom stereocenters. The lowest BCUT2D eigenvalue weighted by Crippen LogP contribution is -2.39. The maximum absolute atomic E-state index is 13.0. The molecule has 1 aromatic carbocycles. The highest BCUT2D eigenvalue weighted by Crippen LogP contribution is 2.23. The van der Waals surface area contributed by atoms with E-state index in [1.54, 1.807) is 29.3 Å². The summed E-state index contributed by atoms with van der Waals surface area (Å²) in [5.41, 5.74) is 7.52. The van der Waals surface area contributed by atoms with Gasteiger partial charge in [-0.2, -0.15) is 0 Å². The average Bonchev–Trinajstić information content (AvgIpc) is 3.20. The molecule has 27 heavy (non-hydrogen) atoms. The number of rotatable bonds is 7. The standard InChI is InChI=1S/C21H26N4O2/c1-24(20(26)13-16-7-2-3-9-18(16)21(22)27)19(15-25-11-4-5-12-25)17-8-6-10-23-14-17/h2-3,6-10,14,19H,4-5,11-13,15H2,1H3,(H2,22,27). The maximum atomic E-state index is 13.0. The highest BCUT2D eigenvalue weighted by molar-refractivity contribution is 5.95. The molecule has 1 fully saturated rings. The third kappa shape index (κ3) is 4.71. The van der Waals surface area contributed by atoms with Crippen LogP contribution in [0.1, 0.15) is 40.4 Å². The molecule has 0 radical (unpaired) electrons. The maximum Gasteiger partial charge on any atom is 0.248 e. The monoisotopic (exact) mass is 366 g/mol. The van der Waals surface area contributed by atoms with E-state index >= 15 is 0 Å². The largest absolute Gasteiger partial charge is 0.366 e. The van der Waals surface area contributed by atoms with Crippen molar-refractivity contribution in [3.63, 3.8) is 0 Å². The molecule has 0 bridgehead atoms. The van der Waals surface area contributed by atoms with Crippen molar-refractivity contribution in [1.29, 1.82) is 0 Å². The van der Waals surface area contributed by atoms with Gasteiger partial charge in [0.15, 0.2) is 0 Å². The number of benzene rings is 1. The van der Waals surface area contributed by atoms with E-state index in [1.807, 2.05) is 31.4 Å². The van der Waals surface area contributed by atoms with E-state index in [2.05, 4.69) is 9.88 Å². The van der Waals surface area contributed by atoms with Crippen LogP contribution in [0.25, 0.3) is 0 Å². The second kappa shape index (κ2) is 8.77. The first-order valence-corrected chi connectivity index (χ1v) is 9.32. The van der Waals surface area contributed by atoms with Gasteiger partial charge in [-0.3, -0.25) is 14.6 Å². The van der Waals surface area contributed by atoms with Crippen LogP contribution in [0.15, 0.2) is 48.8 Å². The van der Waals surface area contributed by atoms with Crippen molar-refractivity contribution < 1.29 is 9.59 Å². The van der Waals surface area contributed by atoms with E-state index in [-0.39, 0.29) is 18.4 Å². The van der Waals surface area contributed by atoms with Crippen LogP contribution in [-0.4, -0.2) is 53.3 Å². The van der Waals surface area contributed by atoms with Crippen molar-refractivity contribution in [2.75, 3.05) is 26.7 Å². The van der Waals surface area contributed by atoms with Crippen molar-refractivity contribution in [2.24, 2.45) is 5.73 Å². The predicted molar refractivity (Wildman–Crippen MR) is 104 cm³/mol. The fourth-order valence-electron chi connectivity index (χ4n) is 3.61. The van der Waals surface area contributed by atoms with Crippen molar-refractivity contribution in [3.05, 3.63) is 65.5 Å². The third-order valence-electron chi connectivity index (χ3n) is 5.18. The molecule has 2 aromatic rings. The quantitative estimate of drug-likeness (QED) is 0.813. The number of primary amides is 1. The molecule has 0 saturated carbocycles. The fourth-order valence-corrected chi connectivity index (χ4v) is 3.61. The molecule has 3 rings (SSSR count). The summed E-state index contributed by atoms with van der Waals surface area (Å²) < 4.78 is 0. The van der Waals surface area contributed by atoms with Crippen LogP contribution < -0.4 is 5.73 Å². The fraction of sp³-hybridized carbons (Fsp3) is 0.381. The molecule has 2 N–H and O–H groups in total. The van der Waals surface area contributed by atoms with Gasteiger partial charge in [-0.1, -0.05) is 24.3 Å². The van der Waals surface area contributed by atoms with Crippen molar-refractivity contribution >= 4 is 11.8 Å². The number of aromatic nitrogens is 1. The van der Waals surface area contributed by atoms with Crippen LogP contribution in [0.3, 0.4) is 0 Å². The van der Waals surface area contributed by atoms with E-state index in [0.717, 1.165) is 25.2 Å². The van der Waals surface area contributed by atoms with Gasteiger partial charge >= 0.3 is 0 Å². The summed E-state index contributed by atoms with van der Waals surface area (Å²) in [6.45, 7) is 2.90. The SMILES string of the molecule is CN(C(=O)Cc1ccccc1C(N)=O)C(CN1CCCC1)c1cccnc1. The molecule has 1 saturated heterocycles. The average molecular weight is 366 g/mol. The van der Waals surface area contributed by atoms with Gasteiger partial charge in [0, 0.05) is 31.5 Å². The molecular formula is C21H26N4O2. The van der Waals surface area contributed by atoms with Crippen LogP contribution in [0.5, 0.6) is 0 Å². The summed E-state index contributed by atoms with van der Waals surface area (Å²) in [4.78, 5) is 33.0. The summed E-state index contributed by atoms with van der Waals surface area (Å²) in [5, 5.41) is 0. The van der Waals surface area contributed by atoms with E-state index in [1.165, 1.54) is 12.8 Å². The number of carbonyl (C=O) groups excluding carboxylic acids is 2. The second-order valence-corrected chi connectivity index (χ2v) is 7.01. The van der Waals surface area contributed by atoms with E-state index in [0.29, 0.717) is 11.1 Å². The van der Waals surface area contributed by atoms with Crippen molar-refractivity contribution in [1.82, 2.24) is 14.8 Å². The number of nitrogens with zero attached hydrogens (tertiary/aromatic N) is 3. The van der Waals surface area contributed by atoms with Crippen molar-refractivity contribution in [3.8, 4) is 0 Å². The van der Waals surface area contributed by atoms with Gasteiger partial charge in [0.2, 0.25) is 11.8 Å². The molecule has 2 amide bonds. The highest BCUT2D eigenvalue weighted by atomic mass is 16.2. The minimum absolute atomic E-state index is 0.0447. The van der Waals surface area contributed by atoms with Crippen molar-refractivity contribution in [2.45, 2.75) is 25.3 Å². The van der Waals surface area contributed by atoms with Gasteiger partial charge in [-0.05, 0) is 49.2 Å². The predicted octanol–water partition coefficient (Wildman–Crippen LogP) is 2.02. The Labute approximate surface area is 160 Å². The smallest absolute Gasteiger partial charge is 0.248 e. The van der Waals surface area contributed by atoms with Gasteiger partial charge in [0.05, 0.1) is 12.5 Å². The van der Waals surface area contributed by atoms with Gasteiger partial charge in [-0.25, -0.2) is 0 Å². The first-order chi connectivity index (χ1) is 13.1. The van der Waals surface area contributed by atoms with E-state index in [9.17, 15) is 9.59 Å². The van der Waals surface area contributed by atoms with Crippen LogP contribution in [0.4, 0.5) is 0 Å². The molecule has 6 nitrogen and oxygen atoms in total.